The van der Waals surface area contributed by atoms with Gasteiger partial charge in [-0.15, -0.1) is 6.42 Å². The van der Waals surface area contributed by atoms with Crippen LogP contribution in [0.25, 0.3) is 0 Å². The molecule has 2 N–H and O–H groups in total. The van der Waals surface area contributed by atoms with E-state index in [9.17, 15) is 9.59 Å². The number of aryl methyl sites for hydroxylation is 1. The van der Waals surface area contributed by atoms with E-state index in [1.807, 2.05) is 24.0 Å². The van der Waals surface area contributed by atoms with Crippen LogP contribution in [0.4, 0.5) is 0 Å². The van der Waals surface area contributed by atoms with Gasteiger partial charge in [-0.3, -0.25) is 25.3 Å². The number of hydrogen-bond donors (Lipinski definition) is 2. The minimum absolute atomic E-state index is 0.216. The summed E-state index contributed by atoms with van der Waals surface area (Å²) >= 11 is 5.91. The Hall–Kier alpha value is -2.23. The number of rotatable bonds is 7. The Labute approximate surface area is 165 Å². The van der Waals surface area contributed by atoms with Gasteiger partial charge in [-0.05, 0) is 56.5 Å². The smallest absolute Gasteiger partial charge is 0.255 e. The number of nitrogens with zero attached hydrogens (tertiary/aromatic N) is 1. The number of carbonyl (C=O) groups is 2. The van der Waals surface area contributed by atoms with Crippen molar-refractivity contribution in [2.45, 2.75) is 45.1 Å². The van der Waals surface area contributed by atoms with Gasteiger partial charge in [-0.25, -0.2) is 0 Å². The normalized spacial score (nSPS) is 17.0. The third kappa shape index (κ3) is 6.78. The number of nitrogens with one attached hydrogen (secondary N) is 2. The lowest BCUT2D eigenvalue weighted by atomic mass is 10.0. The average Bonchev–Trinajstić information content (AvgIpc) is 2.65. The van der Waals surface area contributed by atoms with E-state index in [4.69, 9.17) is 22.8 Å². The zero-order valence-corrected chi connectivity index (χ0v) is 16.3. The van der Waals surface area contributed by atoms with Crippen molar-refractivity contribution in [1.29, 1.82) is 0 Å². The van der Waals surface area contributed by atoms with Gasteiger partial charge in [0, 0.05) is 11.4 Å². The lowest BCUT2D eigenvalue weighted by Crippen LogP contribution is -2.54. The Morgan fingerprint density at radius 1 is 1.37 bits per heavy atom. The van der Waals surface area contributed by atoms with E-state index in [1.165, 1.54) is 0 Å². The molecular weight excluding hydrogens is 366 g/mol. The molecule has 2 amide bonds. The number of benzene rings is 1. The lowest BCUT2D eigenvalue weighted by Gasteiger charge is -2.33. The summed E-state index contributed by atoms with van der Waals surface area (Å²) in [5, 5.41) is 0.661. The molecule has 0 bridgehead atoms. The van der Waals surface area contributed by atoms with E-state index >= 15 is 0 Å². The molecule has 1 aromatic rings. The molecule has 0 aromatic heterocycles. The summed E-state index contributed by atoms with van der Waals surface area (Å²) in [4.78, 5) is 26.2. The van der Waals surface area contributed by atoms with Crippen molar-refractivity contribution in [3.8, 4) is 18.1 Å². The molecule has 2 rings (SSSR count). The quantitative estimate of drug-likeness (QED) is 0.425. The Balaban J connectivity index is 1.66. The molecular formula is C20H26ClN3O3. The van der Waals surface area contributed by atoms with Crippen LogP contribution in [-0.2, 0) is 9.59 Å². The first kappa shape index (κ1) is 21.1. The largest absolute Gasteiger partial charge is 0.493 e. The van der Waals surface area contributed by atoms with Crippen molar-refractivity contribution in [1.82, 2.24) is 15.8 Å². The van der Waals surface area contributed by atoms with E-state index in [2.05, 4.69) is 16.8 Å². The highest BCUT2D eigenvalue weighted by atomic mass is 35.5. The number of amides is 2. The van der Waals surface area contributed by atoms with E-state index in [0.717, 1.165) is 37.1 Å². The predicted octanol–water partition coefficient (Wildman–Crippen LogP) is 2.44. The molecule has 0 spiro atoms. The molecule has 0 aliphatic carbocycles. The van der Waals surface area contributed by atoms with Crippen molar-refractivity contribution in [3.63, 3.8) is 0 Å². The van der Waals surface area contributed by atoms with Crippen LogP contribution in [0.1, 0.15) is 37.7 Å². The number of piperidine rings is 1. The molecule has 1 aromatic carbocycles. The lowest BCUT2D eigenvalue weighted by molar-refractivity contribution is -0.132. The summed E-state index contributed by atoms with van der Waals surface area (Å²) < 4.78 is 5.65. The maximum Gasteiger partial charge on any atom is 0.255 e. The molecule has 146 valence electrons. The van der Waals surface area contributed by atoms with Crippen LogP contribution in [0.3, 0.4) is 0 Å². The third-order valence-corrected chi connectivity index (χ3v) is 4.71. The molecule has 6 nitrogen and oxygen atoms in total. The van der Waals surface area contributed by atoms with Gasteiger partial charge in [-0.1, -0.05) is 23.9 Å². The fraction of sp³-hybridized carbons (Fsp3) is 0.500. The van der Waals surface area contributed by atoms with Crippen LogP contribution in [0.15, 0.2) is 18.2 Å². The second kappa shape index (κ2) is 10.8. The van der Waals surface area contributed by atoms with Crippen LogP contribution in [-0.4, -0.2) is 42.5 Å². The summed E-state index contributed by atoms with van der Waals surface area (Å²) in [6.45, 7) is 3.56. The number of ether oxygens (including phenoxy) is 1. The second-order valence-electron chi connectivity index (χ2n) is 6.59. The van der Waals surface area contributed by atoms with Crippen LogP contribution < -0.4 is 15.6 Å². The van der Waals surface area contributed by atoms with E-state index in [0.29, 0.717) is 24.6 Å². The fourth-order valence-electron chi connectivity index (χ4n) is 3.06. The van der Waals surface area contributed by atoms with Gasteiger partial charge in [0.25, 0.3) is 5.91 Å². The number of halogens is 1. The molecule has 1 unspecified atom stereocenters. The molecule has 0 saturated carbocycles. The van der Waals surface area contributed by atoms with Crippen LogP contribution in [0, 0.1) is 19.3 Å². The van der Waals surface area contributed by atoms with Crippen LogP contribution >= 0.6 is 11.6 Å². The molecule has 1 aliphatic rings. The molecule has 1 fully saturated rings. The Bertz CT molecular complexity index is 702. The monoisotopic (exact) mass is 391 g/mol. The first-order valence-electron chi connectivity index (χ1n) is 9.16. The summed E-state index contributed by atoms with van der Waals surface area (Å²) in [6.07, 6.45) is 8.91. The van der Waals surface area contributed by atoms with Gasteiger partial charge in [0.15, 0.2) is 0 Å². The van der Waals surface area contributed by atoms with Gasteiger partial charge in [0.2, 0.25) is 5.91 Å². The zero-order chi connectivity index (χ0) is 19.6. The van der Waals surface area contributed by atoms with Crippen LogP contribution in [0.5, 0.6) is 5.75 Å². The van der Waals surface area contributed by atoms with Gasteiger partial charge in [0.1, 0.15) is 5.75 Å². The second-order valence-corrected chi connectivity index (χ2v) is 7.02. The van der Waals surface area contributed by atoms with Crippen LogP contribution in [0.2, 0.25) is 5.02 Å². The summed E-state index contributed by atoms with van der Waals surface area (Å²) in [6, 6.07) is 5.12. The minimum Gasteiger partial charge on any atom is -0.493 e. The maximum absolute atomic E-state index is 12.3. The van der Waals surface area contributed by atoms with Gasteiger partial charge in [0.05, 0.1) is 19.2 Å². The van der Waals surface area contributed by atoms with E-state index < -0.39 is 0 Å². The Morgan fingerprint density at radius 3 is 2.93 bits per heavy atom. The molecule has 1 heterocycles. The summed E-state index contributed by atoms with van der Waals surface area (Å²) in [7, 11) is 0. The van der Waals surface area contributed by atoms with Gasteiger partial charge in [-0.2, -0.15) is 0 Å². The third-order valence-electron chi connectivity index (χ3n) is 4.48. The SMILES string of the molecule is C#CCN1CCCCC1C(=O)NNC(=O)CCCOc1ccc(Cl)cc1C. The topological polar surface area (TPSA) is 70.7 Å². The van der Waals surface area contributed by atoms with Gasteiger partial charge >= 0.3 is 0 Å². The highest BCUT2D eigenvalue weighted by molar-refractivity contribution is 6.30. The number of terminal acetylenes is 1. The van der Waals surface area contributed by atoms with Crippen molar-refractivity contribution < 1.29 is 14.3 Å². The summed E-state index contributed by atoms with van der Waals surface area (Å²) in [5.74, 6) is 2.86. The molecule has 1 aliphatic heterocycles. The molecule has 1 saturated heterocycles. The number of carbonyl (C=O) groups excluding carboxylic acids is 2. The van der Waals surface area contributed by atoms with Gasteiger partial charge < -0.3 is 4.74 Å². The molecule has 0 radical (unpaired) electrons. The standard InChI is InChI=1S/C20H26ClN3O3/c1-3-11-24-12-5-4-7-17(24)20(26)23-22-19(25)8-6-13-27-18-10-9-16(21)14-15(18)2/h1,9-10,14,17H,4-8,11-13H2,2H3,(H,22,25)(H,23,26). The number of hydrazine groups is 1. The number of likely N-dealkylation sites (tertiary alicyclic amines) is 1. The van der Waals surface area contributed by atoms with Crippen molar-refractivity contribution >= 4 is 23.4 Å². The highest BCUT2D eigenvalue weighted by Gasteiger charge is 2.28. The van der Waals surface area contributed by atoms with Crippen molar-refractivity contribution in [3.05, 3.63) is 28.8 Å². The van der Waals surface area contributed by atoms with Crippen molar-refractivity contribution in [2.75, 3.05) is 19.7 Å². The zero-order valence-electron chi connectivity index (χ0n) is 15.6. The maximum atomic E-state index is 12.3. The predicted molar refractivity (Wildman–Crippen MR) is 105 cm³/mol. The molecule has 27 heavy (non-hydrogen) atoms. The Morgan fingerprint density at radius 2 is 2.19 bits per heavy atom. The van der Waals surface area contributed by atoms with E-state index in [-0.39, 0.29) is 24.3 Å². The molecule has 7 heteroatoms. The highest BCUT2D eigenvalue weighted by Crippen LogP contribution is 2.22. The summed E-state index contributed by atoms with van der Waals surface area (Å²) in [5.41, 5.74) is 5.93. The first-order chi connectivity index (χ1) is 13.0. The Kier molecular flexibility index (Phi) is 8.43. The fourth-order valence-corrected chi connectivity index (χ4v) is 3.29. The molecule has 1 atom stereocenters. The first-order valence-corrected chi connectivity index (χ1v) is 9.54. The minimum atomic E-state index is -0.286. The van der Waals surface area contributed by atoms with E-state index in [1.54, 1.807) is 6.07 Å². The average molecular weight is 392 g/mol. The van der Waals surface area contributed by atoms with Crippen molar-refractivity contribution in [2.24, 2.45) is 0 Å². The number of hydrogen-bond acceptors (Lipinski definition) is 4.